The minimum absolute atomic E-state index is 0.336. The Bertz CT molecular complexity index is 613. The molecule has 4 heteroatoms. The molecule has 0 amide bonds. The van der Waals surface area contributed by atoms with Gasteiger partial charge in [-0.05, 0) is 37.6 Å². The van der Waals surface area contributed by atoms with Crippen LogP contribution in [0, 0.1) is 18.6 Å². The number of halogens is 2. The third kappa shape index (κ3) is 3.79. The Hall–Kier alpha value is -1.94. The molecule has 112 valence electrons. The van der Waals surface area contributed by atoms with E-state index < -0.39 is 17.7 Å². The molecule has 1 unspecified atom stereocenters. The largest absolute Gasteiger partial charge is 0.370 e. The topological polar surface area (TPSA) is 29.3 Å². The number of anilines is 1. The van der Waals surface area contributed by atoms with Crippen LogP contribution in [-0.2, 0) is 0 Å². The second-order valence-electron chi connectivity index (χ2n) is 5.15. The zero-order valence-corrected chi connectivity index (χ0v) is 12.3. The number of nitrogens with zero attached hydrogens (tertiary/aromatic N) is 1. The Balaban J connectivity index is 2.18. The summed E-state index contributed by atoms with van der Waals surface area (Å²) in [4.78, 5) is 2.08. The van der Waals surface area contributed by atoms with Gasteiger partial charge in [0.25, 0.3) is 0 Å². The molecule has 0 radical (unpaired) electrons. The van der Waals surface area contributed by atoms with Gasteiger partial charge in [-0.15, -0.1) is 0 Å². The number of hydrogen-bond acceptors (Lipinski definition) is 2. The van der Waals surface area contributed by atoms with Crippen LogP contribution in [0.3, 0.4) is 0 Å². The molecule has 0 spiro atoms. The fourth-order valence-electron chi connectivity index (χ4n) is 2.38. The van der Waals surface area contributed by atoms with Gasteiger partial charge >= 0.3 is 0 Å². The molecular formula is C17H20F2N2. The maximum atomic E-state index is 13.8. The molecule has 0 saturated carbocycles. The third-order valence-corrected chi connectivity index (χ3v) is 3.53. The first kappa shape index (κ1) is 15.4. The first-order valence-corrected chi connectivity index (χ1v) is 7.03. The fraction of sp³-hybridized carbons (Fsp3) is 0.294. The van der Waals surface area contributed by atoms with Crippen molar-refractivity contribution in [2.24, 2.45) is 5.73 Å². The molecule has 0 aliphatic heterocycles. The van der Waals surface area contributed by atoms with Crippen molar-refractivity contribution in [1.29, 1.82) is 0 Å². The molecule has 0 bridgehead atoms. The standard InChI is InChI=1S/C17H20F2N2/c1-3-21(14-6-4-5-12(2)9-14)11-17(20)15-8-7-13(18)10-16(15)19/h4-10,17H,3,11,20H2,1-2H3. The van der Waals surface area contributed by atoms with Gasteiger partial charge in [-0.3, -0.25) is 0 Å². The Morgan fingerprint density at radius 1 is 1.14 bits per heavy atom. The highest BCUT2D eigenvalue weighted by atomic mass is 19.1. The van der Waals surface area contributed by atoms with Gasteiger partial charge in [0, 0.05) is 30.4 Å². The Morgan fingerprint density at radius 3 is 2.52 bits per heavy atom. The summed E-state index contributed by atoms with van der Waals surface area (Å²) in [5.74, 6) is -1.18. The van der Waals surface area contributed by atoms with Crippen LogP contribution in [0.25, 0.3) is 0 Å². The second kappa shape index (κ2) is 6.68. The van der Waals surface area contributed by atoms with Crippen LogP contribution in [0.2, 0.25) is 0 Å². The van der Waals surface area contributed by atoms with E-state index in [1.54, 1.807) is 0 Å². The van der Waals surface area contributed by atoms with E-state index in [0.717, 1.165) is 23.9 Å². The highest BCUT2D eigenvalue weighted by Crippen LogP contribution is 2.21. The smallest absolute Gasteiger partial charge is 0.130 e. The van der Waals surface area contributed by atoms with Crippen molar-refractivity contribution in [3.05, 3.63) is 65.2 Å². The van der Waals surface area contributed by atoms with E-state index in [1.165, 1.54) is 12.1 Å². The molecule has 21 heavy (non-hydrogen) atoms. The fourth-order valence-corrected chi connectivity index (χ4v) is 2.38. The lowest BCUT2D eigenvalue weighted by atomic mass is 10.1. The first-order chi connectivity index (χ1) is 10.0. The molecule has 2 aromatic carbocycles. The average Bonchev–Trinajstić information content (AvgIpc) is 2.44. The minimum atomic E-state index is -0.595. The van der Waals surface area contributed by atoms with Crippen molar-refractivity contribution in [3.63, 3.8) is 0 Å². The highest BCUT2D eigenvalue weighted by molar-refractivity contribution is 5.48. The molecule has 0 aromatic heterocycles. The molecular weight excluding hydrogens is 270 g/mol. The van der Waals surface area contributed by atoms with E-state index in [1.807, 2.05) is 32.0 Å². The predicted octanol–water partition coefficient (Wildman–Crippen LogP) is 3.80. The number of nitrogens with two attached hydrogens (primary N) is 1. The maximum absolute atomic E-state index is 13.8. The van der Waals surface area contributed by atoms with Gasteiger partial charge < -0.3 is 10.6 Å². The third-order valence-electron chi connectivity index (χ3n) is 3.53. The molecule has 1 atom stereocenters. The summed E-state index contributed by atoms with van der Waals surface area (Å²) in [6.45, 7) is 5.29. The van der Waals surface area contributed by atoms with Crippen molar-refractivity contribution in [1.82, 2.24) is 0 Å². The monoisotopic (exact) mass is 290 g/mol. The van der Waals surface area contributed by atoms with Crippen LogP contribution < -0.4 is 10.6 Å². The van der Waals surface area contributed by atoms with Gasteiger partial charge in [0.2, 0.25) is 0 Å². The molecule has 0 saturated heterocycles. The normalized spacial score (nSPS) is 12.2. The van der Waals surface area contributed by atoms with Crippen molar-refractivity contribution in [2.45, 2.75) is 19.9 Å². The van der Waals surface area contributed by atoms with Gasteiger partial charge in [0.15, 0.2) is 0 Å². The summed E-state index contributed by atoms with van der Waals surface area (Å²) in [6, 6.07) is 11.1. The van der Waals surface area contributed by atoms with Gasteiger partial charge in [-0.1, -0.05) is 18.2 Å². The Kier molecular flexibility index (Phi) is 4.91. The molecule has 0 aliphatic rings. The van der Waals surface area contributed by atoms with E-state index in [0.29, 0.717) is 12.1 Å². The van der Waals surface area contributed by atoms with Crippen LogP contribution in [0.15, 0.2) is 42.5 Å². The number of rotatable bonds is 5. The Labute approximate surface area is 124 Å². The summed E-state index contributed by atoms with van der Waals surface area (Å²) in [5.41, 5.74) is 8.64. The van der Waals surface area contributed by atoms with E-state index in [2.05, 4.69) is 11.0 Å². The SMILES string of the molecule is CCN(CC(N)c1ccc(F)cc1F)c1cccc(C)c1. The number of likely N-dealkylation sites (N-methyl/N-ethyl adjacent to an activating group) is 1. The lowest BCUT2D eigenvalue weighted by Gasteiger charge is -2.27. The maximum Gasteiger partial charge on any atom is 0.130 e. The van der Waals surface area contributed by atoms with Gasteiger partial charge in [0.05, 0.1) is 6.04 Å². The molecule has 2 N–H and O–H groups in total. The lowest BCUT2D eigenvalue weighted by molar-refractivity contribution is 0.551. The molecule has 2 aromatic rings. The predicted molar refractivity (Wildman–Crippen MR) is 82.4 cm³/mol. The van der Waals surface area contributed by atoms with Crippen LogP contribution in [0.4, 0.5) is 14.5 Å². The zero-order valence-electron chi connectivity index (χ0n) is 12.3. The van der Waals surface area contributed by atoms with Crippen molar-refractivity contribution in [3.8, 4) is 0 Å². The van der Waals surface area contributed by atoms with Crippen LogP contribution in [0.1, 0.15) is 24.1 Å². The zero-order chi connectivity index (χ0) is 15.4. The molecule has 2 nitrogen and oxygen atoms in total. The summed E-state index contributed by atoms with van der Waals surface area (Å²) < 4.78 is 26.7. The second-order valence-corrected chi connectivity index (χ2v) is 5.15. The first-order valence-electron chi connectivity index (χ1n) is 7.03. The Morgan fingerprint density at radius 2 is 1.90 bits per heavy atom. The van der Waals surface area contributed by atoms with E-state index in [4.69, 9.17) is 5.73 Å². The van der Waals surface area contributed by atoms with Crippen molar-refractivity contribution in [2.75, 3.05) is 18.0 Å². The van der Waals surface area contributed by atoms with Crippen molar-refractivity contribution < 1.29 is 8.78 Å². The molecule has 0 fully saturated rings. The van der Waals surface area contributed by atoms with Gasteiger partial charge in [0.1, 0.15) is 11.6 Å². The molecule has 0 aliphatic carbocycles. The quantitative estimate of drug-likeness (QED) is 0.907. The van der Waals surface area contributed by atoms with E-state index in [-0.39, 0.29) is 0 Å². The molecule has 2 rings (SSSR count). The van der Waals surface area contributed by atoms with Crippen LogP contribution in [0.5, 0.6) is 0 Å². The lowest BCUT2D eigenvalue weighted by Crippen LogP contribution is -2.32. The van der Waals surface area contributed by atoms with Gasteiger partial charge in [-0.25, -0.2) is 8.78 Å². The van der Waals surface area contributed by atoms with Crippen LogP contribution >= 0.6 is 0 Å². The molecule has 0 heterocycles. The van der Waals surface area contributed by atoms with E-state index >= 15 is 0 Å². The summed E-state index contributed by atoms with van der Waals surface area (Å²) in [7, 11) is 0. The summed E-state index contributed by atoms with van der Waals surface area (Å²) in [6.07, 6.45) is 0. The summed E-state index contributed by atoms with van der Waals surface area (Å²) in [5, 5.41) is 0. The van der Waals surface area contributed by atoms with E-state index in [9.17, 15) is 8.78 Å². The summed E-state index contributed by atoms with van der Waals surface area (Å²) >= 11 is 0. The number of hydrogen-bond donors (Lipinski definition) is 1. The minimum Gasteiger partial charge on any atom is -0.370 e. The highest BCUT2D eigenvalue weighted by Gasteiger charge is 2.16. The number of benzene rings is 2. The van der Waals surface area contributed by atoms with Crippen LogP contribution in [-0.4, -0.2) is 13.1 Å². The van der Waals surface area contributed by atoms with Crippen molar-refractivity contribution >= 4 is 5.69 Å². The number of aryl methyl sites for hydroxylation is 1. The van der Waals surface area contributed by atoms with Gasteiger partial charge in [-0.2, -0.15) is 0 Å². The average molecular weight is 290 g/mol.